The lowest BCUT2D eigenvalue weighted by molar-refractivity contribution is 0.122. The Bertz CT molecular complexity index is 1090. The van der Waals surface area contributed by atoms with Gasteiger partial charge in [0.05, 0.1) is 18.1 Å². The van der Waals surface area contributed by atoms with E-state index in [1.54, 1.807) is 12.1 Å². The van der Waals surface area contributed by atoms with Crippen molar-refractivity contribution < 1.29 is 13.2 Å². The molecule has 0 atom stereocenters. The van der Waals surface area contributed by atoms with Crippen molar-refractivity contribution in [1.29, 1.82) is 0 Å². The Kier molecular flexibility index (Phi) is 6.76. The van der Waals surface area contributed by atoms with Crippen LogP contribution >= 0.6 is 0 Å². The summed E-state index contributed by atoms with van der Waals surface area (Å²) in [4.78, 5) is 10.9. The van der Waals surface area contributed by atoms with Crippen molar-refractivity contribution in [2.24, 2.45) is 0 Å². The highest BCUT2D eigenvalue weighted by molar-refractivity contribution is 7.89. The van der Waals surface area contributed by atoms with E-state index in [0.717, 1.165) is 30.0 Å². The lowest BCUT2D eigenvalue weighted by atomic mass is 10.1. The Morgan fingerprint density at radius 1 is 0.903 bits per heavy atom. The van der Waals surface area contributed by atoms with Gasteiger partial charge in [-0.3, -0.25) is 0 Å². The Morgan fingerprint density at radius 3 is 2.35 bits per heavy atom. The second-order valence-corrected chi connectivity index (χ2v) is 8.84. The minimum atomic E-state index is -3.58. The number of hydrogen-bond acceptors (Lipinski definition) is 7. The van der Waals surface area contributed by atoms with Crippen LogP contribution in [0.2, 0.25) is 0 Å². The molecule has 0 bridgehead atoms. The zero-order valence-corrected chi connectivity index (χ0v) is 17.9. The van der Waals surface area contributed by atoms with E-state index in [1.165, 1.54) is 6.33 Å². The van der Waals surface area contributed by atoms with E-state index in [2.05, 4.69) is 24.9 Å². The third-order valence-electron chi connectivity index (χ3n) is 4.98. The second kappa shape index (κ2) is 9.86. The minimum absolute atomic E-state index is 0.236. The standard InChI is InChI=1S/C22H25N5O3S/c28-31(29,20-8-6-19(7-9-20)18-4-2-1-3-5-18)26-11-10-23-21-16-22(25-17-24-21)27-12-14-30-15-13-27/h1-9,16-17,26H,10-15H2,(H,23,24,25). The highest BCUT2D eigenvalue weighted by atomic mass is 32.2. The van der Waals surface area contributed by atoms with Gasteiger partial charge >= 0.3 is 0 Å². The van der Waals surface area contributed by atoms with Crippen LogP contribution in [0, 0.1) is 0 Å². The van der Waals surface area contributed by atoms with Crippen LogP contribution in [0.1, 0.15) is 0 Å². The van der Waals surface area contributed by atoms with Crippen LogP contribution < -0.4 is 14.9 Å². The van der Waals surface area contributed by atoms with Gasteiger partial charge in [-0.05, 0) is 23.3 Å². The average Bonchev–Trinajstić information content (AvgIpc) is 2.83. The van der Waals surface area contributed by atoms with Crippen LogP contribution in [0.15, 0.2) is 71.9 Å². The van der Waals surface area contributed by atoms with E-state index in [0.29, 0.717) is 25.6 Å². The van der Waals surface area contributed by atoms with Crippen molar-refractivity contribution in [1.82, 2.24) is 14.7 Å². The van der Waals surface area contributed by atoms with Gasteiger partial charge in [-0.2, -0.15) is 0 Å². The monoisotopic (exact) mass is 439 g/mol. The number of morpholine rings is 1. The van der Waals surface area contributed by atoms with E-state index in [1.807, 2.05) is 48.5 Å². The number of aromatic nitrogens is 2. The van der Waals surface area contributed by atoms with Crippen molar-refractivity contribution in [3.63, 3.8) is 0 Å². The fourth-order valence-electron chi connectivity index (χ4n) is 3.33. The number of nitrogens with one attached hydrogen (secondary N) is 2. The molecule has 0 radical (unpaired) electrons. The largest absolute Gasteiger partial charge is 0.378 e. The van der Waals surface area contributed by atoms with Crippen LogP contribution in [-0.4, -0.2) is 57.8 Å². The first-order valence-electron chi connectivity index (χ1n) is 10.2. The molecule has 1 aromatic heterocycles. The summed E-state index contributed by atoms with van der Waals surface area (Å²) in [5, 5.41) is 3.14. The second-order valence-electron chi connectivity index (χ2n) is 7.08. The normalized spacial score (nSPS) is 14.4. The highest BCUT2D eigenvalue weighted by Gasteiger charge is 2.14. The molecule has 0 amide bonds. The summed E-state index contributed by atoms with van der Waals surface area (Å²) in [5.74, 6) is 1.49. The third kappa shape index (κ3) is 5.57. The van der Waals surface area contributed by atoms with Crippen molar-refractivity contribution in [3.05, 3.63) is 67.0 Å². The first-order valence-corrected chi connectivity index (χ1v) is 11.6. The fraction of sp³-hybridized carbons (Fsp3) is 0.273. The molecule has 2 N–H and O–H groups in total. The summed E-state index contributed by atoms with van der Waals surface area (Å²) >= 11 is 0. The van der Waals surface area contributed by atoms with Crippen LogP contribution in [0.4, 0.5) is 11.6 Å². The van der Waals surface area contributed by atoms with E-state index in [9.17, 15) is 8.42 Å². The number of hydrogen-bond donors (Lipinski definition) is 2. The van der Waals surface area contributed by atoms with Crippen molar-refractivity contribution in [3.8, 4) is 11.1 Å². The molecule has 0 aliphatic carbocycles. The minimum Gasteiger partial charge on any atom is -0.378 e. The highest BCUT2D eigenvalue weighted by Crippen LogP contribution is 2.21. The Hall–Kier alpha value is -3.01. The van der Waals surface area contributed by atoms with Crippen LogP contribution in [0.5, 0.6) is 0 Å². The number of sulfonamides is 1. The number of ether oxygens (including phenoxy) is 1. The molecule has 31 heavy (non-hydrogen) atoms. The van der Waals surface area contributed by atoms with Gasteiger partial charge in [0, 0.05) is 32.2 Å². The van der Waals surface area contributed by atoms with Gasteiger partial charge in [0.15, 0.2) is 0 Å². The Morgan fingerprint density at radius 2 is 1.61 bits per heavy atom. The molecule has 1 aliphatic rings. The molecule has 1 saturated heterocycles. The predicted molar refractivity (Wildman–Crippen MR) is 121 cm³/mol. The smallest absolute Gasteiger partial charge is 0.240 e. The van der Waals surface area contributed by atoms with Crippen molar-refractivity contribution in [2.45, 2.75) is 4.90 Å². The number of rotatable bonds is 8. The number of benzene rings is 2. The van der Waals surface area contributed by atoms with Crippen LogP contribution in [0.25, 0.3) is 11.1 Å². The molecule has 8 nitrogen and oxygen atoms in total. The topological polar surface area (TPSA) is 96.5 Å². The molecule has 162 valence electrons. The molecule has 0 spiro atoms. The maximum absolute atomic E-state index is 12.6. The molecule has 0 saturated carbocycles. The maximum Gasteiger partial charge on any atom is 0.240 e. The summed E-state index contributed by atoms with van der Waals surface area (Å²) < 4.78 is 33.1. The molecule has 9 heteroatoms. The predicted octanol–water partition coefficient (Wildman–Crippen LogP) is 2.37. The Labute approximate surface area is 182 Å². The SMILES string of the molecule is O=S(=O)(NCCNc1cc(N2CCOCC2)ncn1)c1ccc(-c2ccccc2)cc1. The van der Waals surface area contributed by atoms with Crippen LogP contribution in [0.3, 0.4) is 0 Å². The van der Waals surface area contributed by atoms with Crippen molar-refractivity contribution in [2.75, 3.05) is 49.6 Å². The van der Waals surface area contributed by atoms with Gasteiger partial charge in [0.2, 0.25) is 10.0 Å². The first-order chi connectivity index (χ1) is 15.1. The maximum atomic E-state index is 12.6. The van der Waals surface area contributed by atoms with E-state index >= 15 is 0 Å². The van der Waals surface area contributed by atoms with E-state index in [4.69, 9.17) is 4.74 Å². The molecular formula is C22H25N5O3S. The quantitative estimate of drug-likeness (QED) is 0.520. The lowest BCUT2D eigenvalue weighted by Crippen LogP contribution is -2.36. The lowest BCUT2D eigenvalue weighted by Gasteiger charge is -2.27. The van der Waals surface area contributed by atoms with Gasteiger partial charge in [-0.1, -0.05) is 42.5 Å². The van der Waals surface area contributed by atoms with Gasteiger partial charge < -0.3 is 15.0 Å². The summed E-state index contributed by atoms with van der Waals surface area (Å²) in [7, 11) is -3.58. The molecule has 2 heterocycles. The zero-order chi connectivity index (χ0) is 21.5. The molecule has 4 rings (SSSR count). The third-order valence-corrected chi connectivity index (χ3v) is 6.46. The molecule has 2 aromatic carbocycles. The molecule has 1 aliphatic heterocycles. The first kappa shape index (κ1) is 21.2. The fourth-order valence-corrected chi connectivity index (χ4v) is 4.36. The molecular weight excluding hydrogens is 414 g/mol. The molecule has 3 aromatic rings. The van der Waals surface area contributed by atoms with Crippen molar-refractivity contribution >= 4 is 21.7 Å². The van der Waals surface area contributed by atoms with E-state index < -0.39 is 10.0 Å². The number of nitrogens with zero attached hydrogens (tertiary/aromatic N) is 3. The van der Waals surface area contributed by atoms with Gasteiger partial charge in [-0.25, -0.2) is 23.1 Å². The van der Waals surface area contributed by atoms with Gasteiger partial charge in [0.25, 0.3) is 0 Å². The van der Waals surface area contributed by atoms with Gasteiger partial charge in [-0.15, -0.1) is 0 Å². The zero-order valence-electron chi connectivity index (χ0n) is 17.1. The average molecular weight is 440 g/mol. The van der Waals surface area contributed by atoms with E-state index in [-0.39, 0.29) is 11.4 Å². The van der Waals surface area contributed by atoms with Gasteiger partial charge in [0.1, 0.15) is 18.0 Å². The number of anilines is 2. The van der Waals surface area contributed by atoms with Crippen LogP contribution in [-0.2, 0) is 14.8 Å². The summed E-state index contributed by atoms with van der Waals surface area (Å²) in [6, 6.07) is 18.6. The summed E-state index contributed by atoms with van der Waals surface area (Å²) in [5.41, 5.74) is 2.02. The Balaban J connectivity index is 1.30. The molecule has 1 fully saturated rings. The summed E-state index contributed by atoms with van der Waals surface area (Å²) in [6.07, 6.45) is 1.51. The molecule has 0 unspecified atom stereocenters. The summed E-state index contributed by atoms with van der Waals surface area (Å²) in [6.45, 7) is 3.58.